The molecule has 0 fully saturated rings. The highest BCUT2D eigenvalue weighted by molar-refractivity contribution is 5.94. The smallest absolute Gasteiger partial charge is 0.308 e. The lowest BCUT2D eigenvalue weighted by Crippen LogP contribution is -2.32. The van der Waals surface area contributed by atoms with E-state index in [1.165, 1.54) is 24.3 Å². The fraction of sp³-hybridized carbons (Fsp3) is 0.333. The maximum absolute atomic E-state index is 12.6. The lowest BCUT2D eigenvalue weighted by atomic mass is 10.1. The number of carbonyl (C=O) groups excluding carboxylic acids is 1. The molecule has 1 aromatic rings. The predicted molar refractivity (Wildman–Crippen MR) is 60.2 cm³/mol. The van der Waals surface area contributed by atoms with Crippen molar-refractivity contribution in [2.75, 3.05) is 6.54 Å². The van der Waals surface area contributed by atoms with Crippen molar-refractivity contribution in [2.45, 2.75) is 13.3 Å². The zero-order valence-corrected chi connectivity index (χ0v) is 9.44. The van der Waals surface area contributed by atoms with Crippen molar-refractivity contribution in [1.82, 2.24) is 5.32 Å². The van der Waals surface area contributed by atoms with Crippen LogP contribution in [-0.4, -0.2) is 23.5 Å². The van der Waals surface area contributed by atoms with Crippen LogP contribution in [0.2, 0.25) is 0 Å². The summed E-state index contributed by atoms with van der Waals surface area (Å²) in [5.41, 5.74) is 0.312. The van der Waals surface area contributed by atoms with E-state index in [4.69, 9.17) is 5.11 Å². The van der Waals surface area contributed by atoms with Crippen molar-refractivity contribution in [3.63, 3.8) is 0 Å². The molecule has 1 amide bonds. The predicted octanol–water partition coefficient (Wildman–Crippen LogP) is 1.67. The lowest BCUT2D eigenvalue weighted by molar-refractivity contribution is -0.141. The van der Waals surface area contributed by atoms with Crippen molar-refractivity contribution in [3.05, 3.63) is 35.6 Å². The van der Waals surface area contributed by atoms with Crippen LogP contribution in [0, 0.1) is 11.7 Å². The Morgan fingerprint density at radius 1 is 1.35 bits per heavy atom. The van der Waals surface area contributed by atoms with Crippen LogP contribution >= 0.6 is 0 Å². The van der Waals surface area contributed by atoms with Gasteiger partial charge in [-0.15, -0.1) is 0 Å². The van der Waals surface area contributed by atoms with Gasteiger partial charge < -0.3 is 10.4 Å². The second-order valence-electron chi connectivity index (χ2n) is 3.66. The quantitative estimate of drug-likeness (QED) is 0.821. The van der Waals surface area contributed by atoms with Gasteiger partial charge in [0.25, 0.3) is 5.91 Å². The number of carbonyl (C=O) groups is 2. The van der Waals surface area contributed by atoms with Gasteiger partial charge in [0.1, 0.15) is 5.82 Å². The van der Waals surface area contributed by atoms with E-state index in [2.05, 4.69) is 5.32 Å². The Kier molecular flexibility index (Phi) is 4.63. The van der Waals surface area contributed by atoms with Gasteiger partial charge in [-0.1, -0.05) is 6.92 Å². The largest absolute Gasteiger partial charge is 0.481 e. The molecule has 1 atom stereocenters. The van der Waals surface area contributed by atoms with Crippen LogP contribution in [0.15, 0.2) is 24.3 Å². The van der Waals surface area contributed by atoms with E-state index in [0.717, 1.165) is 0 Å². The Hall–Kier alpha value is -1.91. The summed E-state index contributed by atoms with van der Waals surface area (Å²) in [6, 6.07) is 5.07. The van der Waals surface area contributed by atoms with Crippen LogP contribution in [0.5, 0.6) is 0 Å². The van der Waals surface area contributed by atoms with Crippen molar-refractivity contribution in [3.8, 4) is 0 Å². The zero-order valence-electron chi connectivity index (χ0n) is 9.44. The number of halogens is 1. The van der Waals surface area contributed by atoms with Gasteiger partial charge in [0, 0.05) is 12.1 Å². The SMILES string of the molecule is CCC(CNC(=O)c1ccc(F)cc1)C(=O)O. The van der Waals surface area contributed by atoms with Gasteiger partial charge in [0.05, 0.1) is 5.92 Å². The number of nitrogens with one attached hydrogen (secondary N) is 1. The Morgan fingerprint density at radius 2 is 1.94 bits per heavy atom. The minimum atomic E-state index is -0.938. The summed E-state index contributed by atoms with van der Waals surface area (Å²) in [5.74, 6) is -2.35. The topological polar surface area (TPSA) is 66.4 Å². The van der Waals surface area contributed by atoms with Gasteiger partial charge in [0.2, 0.25) is 0 Å². The molecule has 1 rings (SSSR count). The highest BCUT2D eigenvalue weighted by atomic mass is 19.1. The molecule has 0 spiro atoms. The minimum Gasteiger partial charge on any atom is -0.481 e. The van der Waals surface area contributed by atoms with Gasteiger partial charge in [-0.3, -0.25) is 9.59 Å². The van der Waals surface area contributed by atoms with Gasteiger partial charge in [-0.05, 0) is 30.7 Å². The molecule has 17 heavy (non-hydrogen) atoms. The molecular weight excluding hydrogens is 225 g/mol. The van der Waals surface area contributed by atoms with E-state index in [0.29, 0.717) is 12.0 Å². The second-order valence-corrected chi connectivity index (χ2v) is 3.66. The van der Waals surface area contributed by atoms with Crippen molar-refractivity contribution in [2.24, 2.45) is 5.92 Å². The van der Waals surface area contributed by atoms with Crippen LogP contribution in [0.3, 0.4) is 0 Å². The summed E-state index contributed by atoms with van der Waals surface area (Å²) in [5, 5.41) is 11.3. The third-order valence-corrected chi connectivity index (χ3v) is 2.46. The van der Waals surface area contributed by atoms with Gasteiger partial charge in [0.15, 0.2) is 0 Å². The fourth-order valence-corrected chi connectivity index (χ4v) is 1.33. The first kappa shape index (κ1) is 13.2. The van der Waals surface area contributed by atoms with E-state index in [1.54, 1.807) is 6.92 Å². The molecule has 0 bridgehead atoms. The summed E-state index contributed by atoms with van der Waals surface area (Å²) >= 11 is 0. The van der Waals surface area contributed by atoms with E-state index in [9.17, 15) is 14.0 Å². The number of aliphatic carboxylic acids is 1. The molecule has 0 aromatic heterocycles. The Bertz CT molecular complexity index is 403. The summed E-state index contributed by atoms with van der Waals surface area (Å²) in [6.07, 6.45) is 0.443. The Labute approximate surface area is 98.5 Å². The van der Waals surface area contributed by atoms with E-state index in [-0.39, 0.29) is 6.54 Å². The van der Waals surface area contributed by atoms with Gasteiger partial charge in [-0.25, -0.2) is 4.39 Å². The first-order valence-corrected chi connectivity index (χ1v) is 5.31. The summed E-state index contributed by atoms with van der Waals surface area (Å²) in [7, 11) is 0. The monoisotopic (exact) mass is 239 g/mol. The molecular formula is C12H14FNO3. The number of rotatable bonds is 5. The van der Waals surface area contributed by atoms with Crippen molar-refractivity contribution >= 4 is 11.9 Å². The summed E-state index contributed by atoms with van der Waals surface area (Å²) in [4.78, 5) is 22.3. The van der Waals surface area contributed by atoms with E-state index < -0.39 is 23.6 Å². The molecule has 0 saturated heterocycles. The molecule has 1 aromatic carbocycles. The average molecular weight is 239 g/mol. The molecule has 5 heteroatoms. The highest BCUT2D eigenvalue weighted by Gasteiger charge is 2.16. The maximum atomic E-state index is 12.6. The molecule has 92 valence electrons. The average Bonchev–Trinajstić information content (AvgIpc) is 2.30. The normalized spacial score (nSPS) is 11.9. The number of carboxylic acids is 1. The standard InChI is InChI=1S/C12H14FNO3/c1-2-8(12(16)17)7-14-11(15)9-3-5-10(13)6-4-9/h3-6,8H,2,7H2,1H3,(H,14,15)(H,16,17). The fourth-order valence-electron chi connectivity index (χ4n) is 1.33. The molecule has 0 aliphatic carbocycles. The first-order chi connectivity index (χ1) is 8.04. The molecule has 0 heterocycles. The number of hydrogen-bond acceptors (Lipinski definition) is 2. The number of carboxylic acid groups (broad SMARTS) is 1. The Morgan fingerprint density at radius 3 is 2.41 bits per heavy atom. The van der Waals surface area contributed by atoms with Gasteiger partial charge >= 0.3 is 5.97 Å². The number of benzene rings is 1. The highest BCUT2D eigenvalue weighted by Crippen LogP contribution is 2.04. The van der Waals surface area contributed by atoms with Crippen LogP contribution in [0.4, 0.5) is 4.39 Å². The molecule has 4 nitrogen and oxygen atoms in total. The number of hydrogen-bond donors (Lipinski definition) is 2. The van der Waals surface area contributed by atoms with Crippen molar-refractivity contribution < 1.29 is 19.1 Å². The molecule has 0 aliphatic rings. The second kappa shape index (κ2) is 5.98. The van der Waals surface area contributed by atoms with Crippen LogP contribution in [-0.2, 0) is 4.79 Å². The van der Waals surface area contributed by atoms with Crippen LogP contribution in [0.1, 0.15) is 23.7 Å². The van der Waals surface area contributed by atoms with Crippen molar-refractivity contribution in [1.29, 1.82) is 0 Å². The summed E-state index contributed by atoms with van der Waals surface area (Å²) < 4.78 is 12.6. The third kappa shape index (κ3) is 3.86. The maximum Gasteiger partial charge on any atom is 0.308 e. The van der Waals surface area contributed by atoms with E-state index in [1.807, 2.05) is 0 Å². The molecule has 0 radical (unpaired) electrons. The minimum absolute atomic E-state index is 0.0715. The molecule has 1 unspecified atom stereocenters. The number of amides is 1. The van der Waals surface area contributed by atoms with E-state index >= 15 is 0 Å². The summed E-state index contributed by atoms with van der Waals surface area (Å²) in [6.45, 7) is 1.81. The molecule has 2 N–H and O–H groups in total. The zero-order chi connectivity index (χ0) is 12.8. The molecule has 0 saturated carbocycles. The van der Waals surface area contributed by atoms with Crippen LogP contribution in [0.25, 0.3) is 0 Å². The lowest BCUT2D eigenvalue weighted by Gasteiger charge is -2.10. The molecule has 0 aliphatic heterocycles. The third-order valence-electron chi connectivity index (χ3n) is 2.46. The Balaban J connectivity index is 2.55. The van der Waals surface area contributed by atoms with Crippen LogP contribution < -0.4 is 5.32 Å². The first-order valence-electron chi connectivity index (χ1n) is 5.31. The van der Waals surface area contributed by atoms with Gasteiger partial charge in [-0.2, -0.15) is 0 Å².